The number of unbranched alkanes of at least 4 members (excludes halogenated alkanes) is 2. The largest absolute Gasteiger partial charge is 0.449 e. The fourth-order valence-corrected chi connectivity index (χ4v) is 2.00. The number of nitrogens with zero attached hydrogens (tertiary/aromatic N) is 1. The van der Waals surface area contributed by atoms with E-state index in [1.807, 2.05) is 4.90 Å². The average molecular weight is 248 g/mol. The maximum Gasteiger partial charge on any atom is 0.409 e. The van der Waals surface area contributed by atoms with Crippen LogP contribution in [0.25, 0.3) is 0 Å². The Kier molecular flexibility index (Phi) is 6.62. The van der Waals surface area contributed by atoms with Gasteiger partial charge >= 0.3 is 6.09 Å². The van der Waals surface area contributed by atoms with Gasteiger partial charge in [0.1, 0.15) is 0 Å². The highest BCUT2D eigenvalue weighted by Crippen LogP contribution is 2.16. The minimum absolute atomic E-state index is 0.141. The van der Waals surface area contributed by atoms with Gasteiger partial charge in [-0.15, -0.1) is 11.6 Å². The maximum absolute atomic E-state index is 11.6. The topological polar surface area (TPSA) is 29.5 Å². The summed E-state index contributed by atoms with van der Waals surface area (Å²) in [5, 5.41) is 0. The van der Waals surface area contributed by atoms with E-state index < -0.39 is 0 Å². The number of alkyl halides is 1. The Morgan fingerprint density at radius 2 is 2.00 bits per heavy atom. The summed E-state index contributed by atoms with van der Waals surface area (Å²) in [6.07, 6.45) is 5.01. The summed E-state index contributed by atoms with van der Waals surface area (Å²) < 4.78 is 5.21. The lowest BCUT2D eigenvalue weighted by Gasteiger charge is -2.29. The first-order valence-corrected chi connectivity index (χ1v) is 6.75. The van der Waals surface area contributed by atoms with Gasteiger partial charge in [-0.3, -0.25) is 0 Å². The first-order valence-electron chi connectivity index (χ1n) is 6.21. The van der Waals surface area contributed by atoms with Crippen LogP contribution in [-0.4, -0.2) is 36.6 Å². The summed E-state index contributed by atoms with van der Waals surface area (Å²) in [5.74, 6) is 1.44. The smallest absolute Gasteiger partial charge is 0.409 e. The Hall–Kier alpha value is -0.440. The van der Waals surface area contributed by atoms with Crippen molar-refractivity contribution >= 4 is 17.7 Å². The predicted octanol–water partition coefficient (Wildman–Crippen LogP) is 3.26. The number of piperidine rings is 1. The van der Waals surface area contributed by atoms with Crippen LogP contribution in [0, 0.1) is 5.92 Å². The molecule has 0 N–H and O–H groups in total. The van der Waals surface area contributed by atoms with Gasteiger partial charge in [-0.25, -0.2) is 4.79 Å². The maximum atomic E-state index is 11.6. The molecular weight excluding hydrogens is 226 g/mol. The normalized spacial score (nSPS) is 17.5. The molecule has 1 fully saturated rings. The summed E-state index contributed by atoms with van der Waals surface area (Å²) in [7, 11) is 0. The lowest BCUT2D eigenvalue weighted by atomic mass is 10.00. The highest BCUT2D eigenvalue weighted by atomic mass is 35.5. The molecule has 16 heavy (non-hydrogen) atoms. The van der Waals surface area contributed by atoms with Crippen molar-refractivity contribution < 1.29 is 9.53 Å². The van der Waals surface area contributed by atoms with Gasteiger partial charge < -0.3 is 9.64 Å². The SMILES string of the molecule is CC1CCN(C(=O)OCCCCCCl)CC1. The molecular formula is C12H22ClNO2. The van der Waals surface area contributed by atoms with Gasteiger partial charge in [0.25, 0.3) is 0 Å². The van der Waals surface area contributed by atoms with E-state index in [1.165, 1.54) is 0 Å². The quantitative estimate of drug-likeness (QED) is 0.551. The van der Waals surface area contributed by atoms with Crippen molar-refractivity contribution in [1.82, 2.24) is 4.90 Å². The number of ether oxygens (including phenoxy) is 1. The van der Waals surface area contributed by atoms with Crippen molar-refractivity contribution in [2.75, 3.05) is 25.6 Å². The molecule has 0 aromatic carbocycles. The van der Waals surface area contributed by atoms with E-state index in [9.17, 15) is 4.79 Å². The van der Waals surface area contributed by atoms with E-state index in [4.69, 9.17) is 16.3 Å². The number of amides is 1. The van der Waals surface area contributed by atoms with Gasteiger partial charge in [0.05, 0.1) is 6.61 Å². The van der Waals surface area contributed by atoms with Crippen molar-refractivity contribution in [3.8, 4) is 0 Å². The van der Waals surface area contributed by atoms with E-state index in [1.54, 1.807) is 0 Å². The van der Waals surface area contributed by atoms with Crippen LogP contribution in [-0.2, 0) is 4.74 Å². The third-order valence-electron chi connectivity index (χ3n) is 3.05. The van der Waals surface area contributed by atoms with Gasteiger partial charge in [-0.1, -0.05) is 6.92 Å². The summed E-state index contributed by atoms with van der Waals surface area (Å²) in [4.78, 5) is 13.4. The lowest BCUT2D eigenvalue weighted by molar-refractivity contribution is 0.0878. The van der Waals surface area contributed by atoms with Crippen LogP contribution in [0.4, 0.5) is 4.79 Å². The van der Waals surface area contributed by atoms with Crippen LogP contribution in [0.1, 0.15) is 39.0 Å². The van der Waals surface area contributed by atoms with Crippen molar-refractivity contribution in [3.63, 3.8) is 0 Å². The molecule has 0 saturated carbocycles. The first kappa shape index (κ1) is 13.6. The minimum atomic E-state index is -0.141. The average Bonchev–Trinajstić information content (AvgIpc) is 2.29. The summed E-state index contributed by atoms with van der Waals surface area (Å²) >= 11 is 5.56. The van der Waals surface area contributed by atoms with Gasteiger partial charge in [-0.2, -0.15) is 0 Å². The summed E-state index contributed by atoms with van der Waals surface area (Å²) in [6, 6.07) is 0. The van der Waals surface area contributed by atoms with Crippen LogP contribution in [0.2, 0.25) is 0 Å². The Morgan fingerprint density at radius 3 is 2.62 bits per heavy atom. The molecule has 4 heteroatoms. The van der Waals surface area contributed by atoms with Crippen LogP contribution >= 0.6 is 11.6 Å². The molecule has 0 aromatic rings. The number of rotatable bonds is 5. The number of hydrogen-bond donors (Lipinski definition) is 0. The summed E-state index contributed by atoms with van der Waals surface area (Å²) in [5.41, 5.74) is 0. The molecule has 1 amide bonds. The number of hydrogen-bond acceptors (Lipinski definition) is 2. The molecule has 0 atom stereocenters. The molecule has 94 valence electrons. The Bertz CT molecular complexity index is 203. The van der Waals surface area contributed by atoms with Crippen molar-refractivity contribution in [3.05, 3.63) is 0 Å². The van der Waals surface area contributed by atoms with E-state index >= 15 is 0 Å². The second-order valence-corrected chi connectivity index (χ2v) is 4.91. The molecule has 1 saturated heterocycles. The minimum Gasteiger partial charge on any atom is -0.449 e. The standard InChI is InChI=1S/C12H22ClNO2/c1-11-5-8-14(9-6-11)12(15)16-10-4-2-3-7-13/h11H,2-10H2,1H3. The number of likely N-dealkylation sites (tertiary alicyclic amines) is 1. The van der Waals surface area contributed by atoms with Crippen LogP contribution in [0.15, 0.2) is 0 Å². The molecule has 1 aliphatic heterocycles. The third-order valence-corrected chi connectivity index (χ3v) is 3.31. The highest BCUT2D eigenvalue weighted by molar-refractivity contribution is 6.17. The van der Waals surface area contributed by atoms with Crippen molar-refractivity contribution in [2.45, 2.75) is 39.0 Å². The lowest BCUT2D eigenvalue weighted by Crippen LogP contribution is -2.38. The molecule has 1 heterocycles. The molecule has 1 aliphatic rings. The Labute approximate surface area is 103 Å². The zero-order valence-corrected chi connectivity index (χ0v) is 10.8. The van der Waals surface area contributed by atoms with E-state index in [0.717, 1.165) is 51.1 Å². The molecule has 0 bridgehead atoms. The molecule has 0 aromatic heterocycles. The molecule has 0 spiro atoms. The molecule has 0 aliphatic carbocycles. The second kappa shape index (κ2) is 7.77. The monoisotopic (exact) mass is 247 g/mol. The zero-order valence-electron chi connectivity index (χ0n) is 10.1. The van der Waals surface area contributed by atoms with Crippen LogP contribution < -0.4 is 0 Å². The number of halogens is 1. The second-order valence-electron chi connectivity index (χ2n) is 4.53. The van der Waals surface area contributed by atoms with Gasteiger partial charge in [0.2, 0.25) is 0 Å². The number of carbonyl (C=O) groups excluding carboxylic acids is 1. The zero-order chi connectivity index (χ0) is 11.8. The van der Waals surface area contributed by atoms with Crippen molar-refractivity contribution in [2.24, 2.45) is 5.92 Å². The Balaban J connectivity index is 2.06. The third kappa shape index (κ3) is 5.06. The molecule has 0 unspecified atom stereocenters. The van der Waals surface area contributed by atoms with Gasteiger partial charge in [-0.05, 0) is 38.0 Å². The van der Waals surface area contributed by atoms with Crippen molar-refractivity contribution in [1.29, 1.82) is 0 Å². The summed E-state index contributed by atoms with van der Waals surface area (Å²) in [6.45, 7) is 4.46. The van der Waals surface area contributed by atoms with Crippen LogP contribution in [0.3, 0.4) is 0 Å². The highest BCUT2D eigenvalue weighted by Gasteiger charge is 2.20. The van der Waals surface area contributed by atoms with Gasteiger partial charge in [0.15, 0.2) is 0 Å². The van der Waals surface area contributed by atoms with Gasteiger partial charge in [0, 0.05) is 19.0 Å². The van der Waals surface area contributed by atoms with E-state index in [-0.39, 0.29) is 6.09 Å². The van der Waals surface area contributed by atoms with Crippen LogP contribution in [0.5, 0.6) is 0 Å². The first-order chi connectivity index (χ1) is 7.74. The molecule has 0 radical (unpaired) electrons. The molecule has 1 rings (SSSR count). The predicted molar refractivity (Wildman–Crippen MR) is 65.9 cm³/mol. The number of carbonyl (C=O) groups is 1. The fourth-order valence-electron chi connectivity index (χ4n) is 1.82. The van der Waals surface area contributed by atoms with E-state index in [0.29, 0.717) is 12.5 Å². The molecule has 3 nitrogen and oxygen atoms in total. The van der Waals surface area contributed by atoms with E-state index in [2.05, 4.69) is 6.92 Å². The Morgan fingerprint density at radius 1 is 1.31 bits per heavy atom. The fraction of sp³-hybridized carbons (Fsp3) is 0.917.